The number of benzene rings is 2. The van der Waals surface area contributed by atoms with Gasteiger partial charge < -0.3 is 15.5 Å². The molecule has 0 radical (unpaired) electrons. The van der Waals surface area contributed by atoms with Gasteiger partial charge in [0.2, 0.25) is 5.60 Å². The number of rotatable bonds is 3. The van der Waals surface area contributed by atoms with E-state index < -0.39 is 17.7 Å². The van der Waals surface area contributed by atoms with Gasteiger partial charge in [0.1, 0.15) is 5.75 Å². The van der Waals surface area contributed by atoms with Gasteiger partial charge in [0.15, 0.2) is 0 Å². The van der Waals surface area contributed by atoms with Crippen molar-refractivity contribution in [1.29, 1.82) is 0 Å². The summed E-state index contributed by atoms with van der Waals surface area (Å²) in [7, 11) is 0. The number of anilines is 1. The minimum atomic E-state index is -5.07. The molecular formula is C16H14F3NO3. The molecule has 0 aliphatic rings. The standard InChI is InChI=1S/C16H14F3NO3/c1-15(23,16(17,18)19)14(22)20-12-7-5-10(6-8-12)11-3-2-4-13(21)9-11/h2-9,21,23H,1H3,(H,20,22). The van der Waals surface area contributed by atoms with Crippen LogP contribution in [0, 0.1) is 0 Å². The van der Waals surface area contributed by atoms with Gasteiger partial charge in [-0.05, 0) is 42.3 Å². The molecule has 7 heteroatoms. The number of carbonyl (C=O) groups excluding carboxylic acids is 1. The predicted octanol–water partition coefficient (Wildman–Crippen LogP) is 3.31. The molecule has 2 aromatic carbocycles. The Hall–Kier alpha value is -2.54. The SMILES string of the molecule is CC(O)(C(=O)Nc1ccc(-c2cccc(O)c2)cc1)C(F)(F)F. The van der Waals surface area contributed by atoms with E-state index in [1.165, 1.54) is 24.3 Å². The van der Waals surface area contributed by atoms with Gasteiger partial charge in [-0.2, -0.15) is 13.2 Å². The molecule has 23 heavy (non-hydrogen) atoms. The lowest BCUT2D eigenvalue weighted by atomic mass is 10.0. The summed E-state index contributed by atoms with van der Waals surface area (Å²) in [4.78, 5) is 11.6. The zero-order valence-electron chi connectivity index (χ0n) is 12.1. The van der Waals surface area contributed by atoms with Crippen molar-refractivity contribution < 1.29 is 28.2 Å². The molecule has 2 aromatic rings. The van der Waals surface area contributed by atoms with Gasteiger partial charge in [0.25, 0.3) is 5.91 Å². The maximum atomic E-state index is 12.6. The first-order chi connectivity index (χ1) is 10.6. The van der Waals surface area contributed by atoms with Crippen molar-refractivity contribution in [3.8, 4) is 16.9 Å². The molecule has 0 saturated carbocycles. The lowest BCUT2D eigenvalue weighted by molar-refractivity contribution is -0.242. The van der Waals surface area contributed by atoms with E-state index >= 15 is 0 Å². The smallest absolute Gasteiger partial charge is 0.426 e. The van der Waals surface area contributed by atoms with Crippen LogP contribution in [0.3, 0.4) is 0 Å². The molecule has 4 nitrogen and oxygen atoms in total. The molecule has 0 bridgehead atoms. The highest BCUT2D eigenvalue weighted by atomic mass is 19.4. The molecule has 0 fully saturated rings. The second-order valence-corrected chi connectivity index (χ2v) is 5.15. The maximum absolute atomic E-state index is 12.6. The van der Waals surface area contributed by atoms with Crippen LogP contribution in [-0.4, -0.2) is 27.9 Å². The number of alkyl halides is 3. The van der Waals surface area contributed by atoms with E-state index in [1.807, 2.05) is 5.32 Å². The average Bonchev–Trinajstić information content (AvgIpc) is 2.46. The Morgan fingerprint density at radius 2 is 1.65 bits per heavy atom. The maximum Gasteiger partial charge on any atom is 0.426 e. The van der Waals surface area contributed by atoms with E-state index in [-0.39, 0.29) is 11.4 Å². The second kappa shape index (κ2) is 5.92. The largest absolute Gasteiger partial charge is 0.508 e. The highest BCUT2D eigenvalue weighted by Gasteiger charge is 2.55. The van der Waals surface area contributed by atoms with Crippen molar-refractivity contribution >= 4 is 11.6 Å². The molecule has 0 aromatic heterocycles. The van der Waals surface area contributed by atoms with Crippen molar-refractivity contribution in [3.63, 3.8) is 0 Å². The summed E-state index contributed by atoms with van der Waals surface area (Å²) in [6, 6.07) is 12.4. The Morgan fingerprint density at radius 1 is 1.04 bits per heavy atom. The summed E-state index contributed by atoms with van der Waals surface area (Å²) in [6.45, 7) is 0.392. The Labute approximate surface area is 130 Å². The first-order valence-electron chi connectivity index (χ1n) is 6.61. The van der Waals surface area contributed by atoms with Crippen LogP contribution in [0.25, 0.3) is 11.1 Å². The van der Waals surface area contributed by atoms with E-state index in [0.717, 1.165) is 0 Å². The van der Waals surface area contributed by atoms with Crippen molar-refractivity contribution in [2.24, 2.45) is 0 Å². The van der Waals surface area contributed by atoms with Crippen LogP contribution in [0.4, 0.5) is 18.9 Å². The third-order valence-electron chi connectivity index (χ3n) is 3.32. The number of amides is 1. The van der Waals surface area contributed by atoms with Gasteiger partial charge in [-0.3, -0.25) is 4.79 Å². The number of hydrogen-bond donors (Lipinski definition) is 3. The van der Waals surface area contributed by atoms with Crippen molar-refractivity contribution in [2.45, 2.75) is 18.7 Å². The minimum Gasteiger partial charge on any atom is -0.508 e. The molecule has 1 unspecified atom stereocenters. The first-order valence-corrected chi connectivity index (χ1v) is 6.61. The molecule has 0 heterocycles. The minimum absolute atomic E-state index is 0.0844. The molecular weight excluding hydrogens is 311 g/mol. The molecule has 0 spiro atoms. The fourth-order valence-electron chi connectivity index (χ4n) is 1.81. The van der Waals surface area contributed by atoms with Crippen LogP contribution in [0.5, 0.6) is 5.75 Å². The Kier molecular flexibility index (Phi) is 4.33. The number of phenolic OH excluding ortho intramolecular Hbond substituents is 1. The second-order valence-electron chi connectivity index (χ2n) is 5.15. The van der Waals surface area contributed by atoms with Crippen LogP contribution < -0.4 is 5.32 Å². The van der Waals surface area contributed by atoms with Crippen LogP contribution in [0.15, 0.2) is 48.5 Å². The number of nitrogens with one attached hydrogen (secondary N) is 1. The zero-order chi connectivity index (χ0) is 17.3. The van der Waals surface area contributed by atoms with Gasteiger partial charge in [0, 0.05) is 5.69 Å². The monoisotopic (exact) mass is 325 g/mol. The lowest BCUT2D eigenvalue weighted by Crippen LogP contribution is -2.52. The summed E-state index contributed by atoms with van der Waals surface area (Å²) >= 11 is 0. The topological polar surface area (TPSA) is 69.6 Å². The fourth-order valence-corrected chi connectivity index (χ4v) is 1.81. The first kappa shape index (κ1) is 16.8. The molecule has 0 saturated heterocycles. The van der Waals surface area contributed by atoms with Crippen LogP contribution in [0.2, 0.25) is 0 Å². The van der Waals surface area contributed by atoms with E-state index in [4.69, 9.17) is 0 Å². The normalized spacial score (nSPS) is 14.1. The zero-order valence-corrected chi connectivity index (χ0v) is 12.1. The molecule has 1 amide bonds. The van der Waals surface area contributed by atoms with E-state index in [1.54, 1.807) is 24.3 Å². The van der Waals surface area contributed by atoms with Gasteiger partial charge in [-0.1, -0.05) is 24.3 Å². The third kappa shape index (κ3) is 3.62. The van der Waals surface area contributed by atoms with Crippen molar-refractivity contribution in [1.82, 2.24) is 0 Å². The number of hydrogen-bond acceptors (Lipinski definition) is 3. The Bertz CT molecular complexity index is 709. The lowest BCUT2D eigenvalue weighted by Gasteiger charge is -2.24. The number of aliphatic hydroxyl groups is 1. The van der Waals surface area contributed by atoms with Crippen LogP contribution in [0.1, 0.15) is 6.92 Å². The molecule has 0 aliphatic heterocycles. The summed E-state index contributed by atoms with van der Waals surface area (Å²) in [5.41, 5.74) is -1.94. The highest BCUT2D eigenvalue weighted by molar-refractivity contribution is 5.97. The van der Waals surface area contributed by atoms with Crippen molar-refractivity contribution in [2.75, 3.05) is 5.32 Å². The summed E-state index contributed by atoms with van der Waals surface area (Å²) in [6.07, 6.45) is -5.07. The highest BCUT2D eigenvalue weighted by Crippen LogP contribution is 2.31. The number of aromatic hydroxyl groups is 1. The van der Waals surface area contributed by atoms with Gasteiger partial charge in [-0.25, -0.2) is 0 Å². The van der Waals surface area contributed by atoms with E-state index in [0.29, 0.717) is 18.1 Å². The van der Waals surface area contributed by atoms with Crippen molar-refractivity contribution in [3.05, 3.63) is 48.5 Å². The third-order valence-corrected chi connectivity index (χ3v) is 3.32. The Balaban J connectivity index is 2.16. The number of carbonyl (C=O) groups is 1. The molecule has 2 rings (SSSR count). The molecule has 1 atom stereocenters. The van der Waals surface area contributed by atoms with E-state index in [2.05, 4.69) is 0 Å². The quantitative estimate of drug-likeness (QED) is 0.811. The van der Waals surface area contributed by atoms with Gasteiger partial charge >= 0.3 is 6.18 Å². The molecule has 122 valence electrons. The summed E-state index contributed by atoms with van der Waals surface area (Å²) < 4.78 is 37.7. The summed E-state index contributed by atoms with van der Waals surface area (Å²) in [5.74, 6) is -1.48. The Morgan fingerprint density at radius 3 is 2.17 bits per heavy atom. The number of phenols is 1. The average molecular weight is 325 g/mol. The summed E-state index contributed by atoms with van der Waals surface area (Å²) in [5, 5.41) is 20.7. The number of halogens is 3. The molecule has 0 aliphatic carbocycles. The fraction of sp³-hybridized carbons (Fsp3) is 0.188. The van der Waals surface area contributed by atoms with Crippen LogP contribution in [-0.2, 0) is 4.79 Å². The van der Waals surface area contributed by atoms with E-state index in [9.17, 15) is 28.2 Å². The molecule has 3 N–H and O–H groups in total. The van der Waals surface area contributed by atoms with Gasteiger partial charge in [-0.15, -0.1) is 0 Å². The van der Waals surface area contributed by atoms with Gasteiger partial charge in [0.05, 0.1) is 0 Å². The van der Waals surface area contributed by atoms with Crippen LogP contribution >= 0.6 is 0 Å². The predicted molar refractivity (Wildman–Crippen MR) is 78.9 cm³/mol.